The quantitative estimate of drug-likeness (QED) is 0.911. The maximum atomic E-state index is 9.50. The van der Waals surface area contributed by atoms with Gasteiger partial charge >= 0.3 is 0 Å². The van der Waals surface area contributed by atoms with Gasteiger partial charge in [0.1, 0.15) is 5.82 Å². The van der Waals surface area contributed by atoms with Crippen LogP contribution in [0.15, 0.2) is 46.9 Å². The molecule has 0 aliphatic heterocycles. The van der Waals surface area contributed by atoms with Gasteiger partial charge in [0.05, 0.1) is 12.6 Å². The van der Waals surface area contributed by atoms with Crippen LogP contribution >= 0.6 is 15.9 Å². The van der Waals surface area contributed by atoms with Gasteiger partial charge in [0, 0.05) is 10.2 Å². The number of hydrogen-bond donors (Lipinski definition) is 2. The Bertz CT molecular complexity index is 531. The van der Waals surface area contributed by atoms with E-state index in [-0.39, 0.29) is 12.6 Å². The Hall–Kier alpha value is -1.39. The van der Waals surface area contributed by atoms with Gasteiger partial charge in [0.25, 0.3) is 0 Å². The molecule has 0 radical (unpaired) electrons. The summed E-state index contributed by atoms with van der Waals surface area (Å²) in [6, 6.07) is 13.5. The Morgan fingerprint density at radius 3 is 2.72 bits per heavy atom. The minimum absolute atomic E-state index is 0.0199. The molecule has 18 heavy (non-hydrogen) atoms. The molecule has 0 fully saturated rings. The monoisotopic (exact) mass is 306 g/mol. The standard InChI is InChI=1S/C14H15BrN2O/c1-10-4-2-7-14(16-10)17-13(9-18)11-5-3-6-12(15)8-11/h2-8,13,18H,9H2,1H3,(H,16,17). The van der Waals surface area contributed by atoms with Crippen LogP contribution in [0, 0.1) is 6.92 Å². The molecule has 2 N–H and O–H groups in total. The molecule has 94 valence electrons. The van der Waals surface area contributed by atoms with Crippen LogP contribution in [0.2, 0.25) is 0 Å². The highest BCUT2D eigenvalue weighted by atomic mass is 79.9. The van der Waals surface area contributed by atoms with Crippen LogP contribution in [0.25, 0.3) is 0 Å². The van der Waals surface area contributed by atoms with Crippen molar-refractivity contribution in [1.29, 1.82) is 0 Å². The number of aryl methyl sites for hydroxylation is 1. The first-order valence-corrected chi connectivity index (χ1v) is 6.55. The van der Waals surface area contributed by atoms with Gasteiger partial charge in [-0.1, -0.05) is 34.1 Å². The Labute approximate surface area is 115 Å². The maximum absolute atomic E-state index is 9.50. The van der Waals surface area contributed by atoms with E-state index in [1.54, 1.807) is 0 Å². The van der Waals surface area contributed by atoms with Gasteiger partial charge < -0.3 is 10.4 Å². The molecule has 2 aromatic rings. The number of aliphatic hydroxyl groups is 1. The Morgan fingerprint density at radius 1 is 1.28 bits per heavy atom. The number of benzene rings is 1. The van der Waals surface area contributed by atoms with Gasteiger partial charge in [0.2, 0.25) is 0 Å². The van der Waals surface area contributed by atoms with Crippen molar-refractivity contribution in [1.82, 2.24) is 4.98 Å². The minimum Gasteiger partial charge on any atom is -0.394 e. The van der Waals surface area contributed by atoms with Crippen molar-refractivity contribution in [2.24, 2.45) is 0 Å². The lowest BCUT2D eigenvalue weighted by atomic mass is 10.1. The summed E-state index contributed by atoms with van der Waals surface area (Å²) in [5.41, 5.74) is 1.97. The fourth-order valence-corrected chi connectivity index (χ4v) is 2.18. The number of hydrogen-bond acceptors (Lipinski definition) is 3. The molecule has 0 saturated carbocycles. The van der Waals surface area contributed by atoms with Crippen LogP contribution in [0.1, 0.15) is 17.3 Å². The average molecular weight is 307 g/mol. The second-order valence-corrected chi connectivity index (χ2v) is 5.01. The number of halogens is 1. The number of nitrogens with one attached hydrogen (secondary N) is 1. The van der Waals surface area contributed by atoms with E-state index in [1.165, 1.54) is 0 Å². The van der Waals surface area contributed by atoms with Crippen LogP contribution in [0.3, 0.4) is 0 Å². The summed E-state index contributed by atoms with van der Waals surface area (Å²) >= 11 is 3.43. The van der Waals surface area contributed by atoms with E-state index in [1.807, 2.05) is 49.4 Å². The number of anilines is 1. The number of rotatable bonds is 4. The van der Waals surface area contributed by atoms with Gasteiger partial charge in [-0.05, 0) is 36.8 Å². The molecule has 3 nitrogen and oxygen atoms in total. The van der Waals surface area contributed by atoms with E-state index in [2.05, 4.69) is 26.2 Å². The molecule has 0 amide bonds. The molecule has 4 heteroatoms. The predicted octanol–water partition coefficient (Wildman–Crippen LogP) is 3.30. The largest absolute Gasteiger partial charge is 0.394 e. The number of aliphatic hydroxyl groups excluding tert-OH is 1. The summed E-state index contributed by atoms with van der Waals surface area (Å²) < 4.78 is 0.998. The van der Waals surface area contributed by atoms with Crippen molar-refractivity contribution in [2.75, 3.05) is 11.9 Å². The second-order valence-electron chi connectivity index (χ2n) is 4.10. The smallest absolute Gasteiger partial charge is 0.126 e. The number of aromatic nitrogens is 1. The molecule has 0 spiro atoms. The molecule has 0 bridgehead atoms. The second kappa shape index (κ2) is 5.98. The fourth-order valence-electron chi connectivity index (χ4n) is 1.76. The van der Waals surface area contributed by atoms with Crippen LogP contribution in [-0.4, -0.2) is 16.7 Å². The van der Waals surface area contributed by atoms with Crippen molar-refractivity contribution >= 4 is 21.7 Å². The minimum atomic E-state index is -0.156. The molecule has 0 aliphatic rings. The fraction of sp³-hybridized carbons (Fsp3) is 0.214. The molecule has 2 rings (SSSR count). The normalized spacial score (nSPS) is 12.2. The summed E-state index contributed by atoms with van der Waals surface area (Å²) in [6.07, 6.45) is 0. The van der Waals surface area contributed by atoms with Crippen LogP contribution in [0.5, 0.6) is 0 Å². The molecular weight excluding hydrogens is 292 g/mol. The highest BCUT2D eigenvalue weighted by Gasteiger charge is 2.10. The highest BCUT2D eigenvalue weighted by Crippen LogP contribution is 2.21. The number of pyridine rings is 1. The Morgan fingerprint density at radius 2 is 2.06 bits per heavy atom. The first-order chi connectivity index (χ1) is 8.69. The van der Waals surface area contributed by atoms with Gasteiger partial charge in [0.15, 0.2) is 0 Å². The van der Waals surface area contributed by atoms with Crippen LogP contribution in [0.4, 0.5) is 5.82 Å². The lowest BCUT2D eigenvalue weighted by Gasteiger charge is -2.17. The lowest BCUT2D eigenvalue weighted by molar-refractivity contribution is 0.276. The molecule has 1 heterocycles. The third-order valence-corrected chi connectivity index (χ3v) is 3.14. The number of nitrogens with zero attached hydrogens (tertiary/aromatic N) is 1. The summed E-state index contributed by atoms with van der Waals surface area (Å²) in [7, 11) is 0. The van der Waals surface area contributed by atoms with Gasteiger partial charge in [-0.2, -0.15) is 0 Å². The zero-order valence-electron chi connectivity index (χ0n) is 10.1. The first kappa shape index (κ1) is 13.1. The summed E-state index contributed by atoms with van der Waals surface area (Å²) in [5.74, 6) is 0.772. The van der Waals surface area contributed by atoms with E-state index in [0.29, 0.717) is 0 Å². The van der Waals surface area contributed by atoms with E-state index >= 15 is 0 Å². The highest BCUT2D eigenvalue weighted by molar-refractivity contribution is 9.10. The van der Waals surface area contributed by atoms with Crippen molar-refractivity contribution < 1.29 is 5.11 Å². The third kappa shape index (κ3) is 3.31. The Balaban J connectivity index is 2.19. The lowest BCUT2D eigenvalue weighted by Crippen LogP contribution is -2.15. The van der Waals surface area contributed by atoms with Crippen molar-refractivity contribution in [3.8, 4) is 0 Å². The summed E-state index contributed by atoms with van der Waals surface area (Å²) in [5, 5.41) is 12.7. The Kier molecular flexibility index (Phi) is 4.33. The molecule has 1 aromatic heterocycles. The zero-order chi connectivity index (χ0) is 13.0. The summed E-state index contributed by atoms with van der Waals surface area (Å²) in [6.45, 7) is 1.96. The average Bonchev–Trinajstić information content (AvgIpc) is 2.36. The van der Waals surface area contributed by atoms with Crippen LogP contribution in [-0.2, 0) is 0 Å². The topological polar surface area (TPSA) is 45.1 Å². The maximum Gasteiger partial charge on any atom is 0.126 e. The van der Waals surface area contributed by atoms with Gasteiger partial charge in [-0.3, -0.25) is 0 Å². The first-order valence-electron chi connectivity index (χ1n) is 5.75. The molecular formula is C14H15BrN2O. The van der Waals surface area contributed by atoms with E-state index in [0.717, 1.165) is 21.5 Å². The molecule has 1 unspecified atom stereocenters. The van der Waals surface area contributed by atoms with Crippen LogP contribution < -0.4 is 5.32 Å². The molecule has 0 aliphatic carbocycles. The predicted molar refractivity (Wildman–Crippen MR) is 76.6 cm³/mol. The molecule has 1 aromatic carbocycles. The van der Waals surface area contributed by atoms with Crippen molar-refractivity contribution in [3.63, 3.8) is 0 Å². The van der Waals surface area contributed by atoms with Gasteiger partial charge in [-0.25, -0.2) is 4.98 Å². The van der Waals surface area contributed by atoms with Crippen molar-refractivity contribution in [3.05, 3.63) is 58.2 Å². The molecule has 1 atom stereocenters. The SMILES string of the molecule is Cc1cccc(NC(CO)c2cccc(Br)c2)n1. The third-order valence-electron chi connectivity index (χ3n) is 2.64. The van der Waals surface area contributed by atoms with Gasteiger partial charge in [-0.15, -0.1) is 0 Å². The van der Waals surface area contributed by atoms with E-state index < -0.39 is 0 Å². The molecule has 0 saturated heterocycles. The van der Waals surface area contributed by atoms with Crippen molar-refractivity contribution in [2.45, 2.75) is 13.0 Å². The van der Waals surface area contributed by atoms with E-state index in [9.17, 15) is 5.11 Å². The zero-order valence-corrected chi connectivity index (χ0v) is 11.7. The summed E-state index contributed by atoms with van der Waals surface area (Å²) in [4.78, 5) is 4.37. The van der Waals surface area contributed by atoms with E-state index in [4.69, 9.17) is 0 Å².